The van der Waals surface area contributed by atoms with Gasteiger partial charge in [-0.05, 0) is 43.5 Å². The molecule has 1 N–H and O–H groups in total. The number of ether oxygens (including phenoxy) is 2. The van der Waals surface area contributed by atoms with Gasteiger partial charge in [-0.1, -0.05) is 35.9 Å². The number of carboxylic acid groups (broad SMARTS) is 1. The van der Waals surface area contributed by atoms with Crippen LogP contribution in [0.5, 0.6) is 11.5 Å². The maximum Gasteiger partial charge on any atom is 0.308 e. The van der Waals surface area contributed by atoms with Crippen LogP contribution in [0, 0.1) is 12.8 Å². The minimum atomic E-state index is -0.908. The number of benzene rings is 2. The lowest BCUT2D eigenvalue weighted by Gasteiger charge is -2.17. The first-order valence-corrected chi connectivity index (χ1v) is 9.91. The van der Waals surface area contributed by atoms with E-state index in [1.54, 1.807) is 4.90 Å². The third kappa shape index (κ3) is 5.50. The molecule has 6 heteroatoms. The van der Waals surface area contributed by atoms with E-state index in [4.69, 9.17) is 14.6 Å². The van der Waals surface area contributed by atoms with Crippen LogP contribution in [0.1, 0.15) is 30.0 Å². The number of hydrogen-bond acceptors (Lipinski definition) is 4. The Labute approximate surface area is 171 Å². The Kier molecular flexibility index (Phi) is 6.75. The number of carbonyl (C=O) groups excluding carboxylic acids is 1. The number of likely N-dealkylation sites (tertiary alicyclic amines) is 1. The van der Waals surface area contributed by atoms with Crippen molar-refractivity contribution in [2.45, 2.75) is 33.3 Å². The summed E-state index contributed by atoms with van der Waals surface area (Å²) in [6.07, 6.45) is 0.724. The molecular formula is C23H27NO5. The van der Waals surface area contributed by atoms with E-state index in [2.05, 4.69) is 12.1 Å². The van der Waals surface area contributed by atoms with Crippen LogP contribution < -0.4 is 9.47 Å². The van der Waals surface area contributed by atoms with Crippen LogP contribution in [0.4, 0.5) is 0 Å². The van der Waals surface area contributed by atoms with Crippen molar-refractivity contribution >= 4 is 11.9 Å². The number of amides is 1. The van der Waals surface area contributed by atoms with Crippen LogP contribution in [0.25, 0.3) is 0 Å². The molecule has 1 saturated heterocycles. The second-order valence-electron chi connectivity index (χ2n) is 7.32. The zero-order valence-corrected chi connectivity index (χ0v) is 16.9. The topological polar surface area (TPSA) is 76.1 Å². The molecule has 1 aliphatic rings. The van der Waals surface area contributed by atoms with E-state index in [0.29, 0.717) is 37.7 Å². The lowest BCUT2D eigenvalue weighted by Crippen LogP contribution is -2.28. The molecular weight excluding hydrogens is 370 g/mol. The van der Waals surface area contributed by atoms with Crippen molar-refractivity contribution in [1.82, 2.24) is 4.90 Å². The fraction of sp³-hybridized carbons (Fsp3) is 0.391. The summed E-state index contributed by atoms with van der Waals surface area (Å²) in [5.74, 6) is -0.248. The quantitative estimate of drug-likeness (QED) is 0.701. The van der Waals surface area contributed by atoms with Crippen LogP contribution in [0.3, 0.4) is 0 Å². The first kappa shape index (κ1) is 20.7. The van der Waals surface area contributed by atoms with Gasteiger partial charge in [-0.25, -0.2) is 0 Å². The highest BCUT2D eigenvalue weighted by molar-refractivity contribution is 5.86. The van der Waals surface area contributed by atoms with E-state index in [-0.39, 0.29) is 18.9 Å². The summed E-state index contributed by atoms with van der Waals surface area (Å²) < 4.78 is 11.7. The van der Waals surface area contributed by atoms with E-state index in [1.165, 1.54) is 5.56 Å². The maximum absolute atomic E-state index is 12.0. The number of hydrogen-bond donors (Lipinski definition) is 1. The van der Waals surface area contributed by atoms with Crippen LogP contribution in [-0.2, 0) is 22.6 Å². The summed E-state index contributed by atoms with van der Waals surface area (Å²) in [5.41, 5.74) is 3.31. The summed E-state index contributed by atoms with van der Waals surface area (Å²) in [5, 5.41) is 9.10. The van der Waals surface area contributed by atoms with Gasteiger partial charge in [0.1, 0.15) is 6.61 Å². The summed E-state index contributed by atoms with van der Waals surface area (Å²) >= 11 is 0. The smallest absolute Gasteiger partial charge is 0.308 e. The van der Waals surface area contributed by atoms with Gasteiger partial charge in [0.15, 0.2) is 11.5 Å². The van der Waals surface area contributed by atoms with Gasteiger partial charge in [-0.2, -0.15) is 0 Å². The highest BCUT2D eigenvalue weighted by Gasteiger charge is 2.33. The van der Waals surface area contributed by atoms with Crippen molar-refractivity contribution in [3.63, 3.8) is 0 Å². The van der Waals surface area contributed by atoms with Gasteiger partial charge < -0.3 is 19.5 Å². The summed E-state index contributed by atoms with van der Waals surface area (Å²) in [4.78, 5) is 24.7. The molecule has 1 aliphatic heterocycles. The zero-order valence-electron chi connectivity index (χ0n) is 16.9. The lowest BCUT2D eigenvalue weighted by molar-refractivity contribution is -0.141. The van der Waals surface area contributed by atoms with Crippen molar-refractivity contribution in [2.24, 2.45) is 5.92 Å². The van der Waals surface area contributed by atoms with Gasteiger partial charge in [0.05, 0.1) is 12.5 Å². The van der Waals surface area contributed by atoms with Crippen molar-refractivity contribution in [1.29, 1.82) is 0 Å². The Bertz CT molecular complexity index is 862. The van der Waals surface area contributed by atoms with Gasteiger partial charge in [0.2, 0.25) is 5.91 Å². The summed E-state index contributed by atoms with van der Waals surface area (Å²) in [6, 6.07) is 14.0. The predicted molar refractivity (Wildman–Crippen MR) is 109 cm³/mol. The average Bonchev–Trinajstić information content (AvgIpc) is 3.08. The number of carboxylic acids is 1. The minimum absolute atomic E-state index is 0.0886. The fourth-order valence-electron chi connectivity index (χ4n) is 3.36. The Balaban J connectivity index is 1.62. The van der Waals surface area contributed by atoms with E-state index in [9.17, 15) is 9.59 Å². The third-order valence-electron chi connectivity index (χ3n) is 5.06. The molecule has 1 amide bonds. The standard InChI is InChI=1S/C23H27NO5/c1-3-28-21-12-17(10-11-24-14-19(23(26)27)13-22(24)25)8-9-20(21)29-15-18-6-4-16(2)5-7-18/h4-9,12,19H,3,10-11,13-15H2,1-2H3,(H,26,27). The van der Waals surface area contributed by atoms with Crippen molar-refractivity contribution < 1.29 is 24.2 Å². The molecule has 154 valence electrons. The Morgan fingerprint density at radius 2 is 1.83 bits per heavy atom. The first-order chi connectivity index (χ1) is 14.0. The molecule has 1 heterocycles. The van der Waals surface area contributed by atoms with E-state index in [1.807, 2.05) is 44.2 Å². The number of aliphatic carboxylic acids is 1. The molecule has 3 rings (SSSR count). The van der Waals surface area contributed by atoms with E-state index >= 15 is 0 Å². The number of rotatable bonds is 9. The van der Waals surface area contributed by atoms with Gasteiger partial charge in [0, 0.05) is 19.5 Å². The molecule has 1 atom stereocenters. The third-order valence-corrected chi connectivity index (χ3v) is 5.06. The van der Waals surface area contributed by atoms with Gasteiger partial charge >= 0.3 is 5.97 Å². The fourth-order valence-corrected chi connectivity index (χ4v) is 3.36. The molecule has 0 bridgehead atoms. The molecule has 29 heavy (non-hydrogen) atoms. The molecule has 6 nitrogen and oxygen atoms in total. The normalized spacial score (nSPS) is 16.1. The largest absolute Gasteiger partial charge is 0.490 e. The molecule has 1 unspecified atom stereocenters. The maximum atomic E-state index is 12.0. The second-order valence-corrected chi connectivity index (χ2v) is 7.32. The number of carbonyl (C=O) groups is 2. The van der Waals surface area contributed by atoms with Crippen molar-refractivity contribution in [2.75, 3.05) is 19.7 Å². The van der Waals surface area contributed by atoms with Crippen LogP contribution in [0.2, 0.25) is 0 Å². The second kappa shape index (κ2) is 9.45. The highest BCUT2D eigenvalue weighted by Crippen LogP contribution is 2.30. The van der Waals surface area contributed by atoms with Gasteiger partial charge in [-0.3, -0.25) is 9.59 Å². The van der Waals surface area contributed by atoms with Crippen molar-refractivity contribution in [3.8, 4) is 11.5 Å². The predicted octanol–water partition coefficient (Wildman–Crippen LogP) is 3.45. The van der Waals surface area contributed by atoms with Crippen molar-refractivity contribution in [3.05, 3.63) is 59.2 Å². The Morgan fingerprint density at radius 1 is 1.10 bits per heavy atom. The average molecular weight is 397 g/mol. The Hall–Kier alpha value is -3.02. The SMILES string of the molecule is CCOc1cc(CCN2CC(C(=O)O)CC2=O)ccc1OCc1ccc(C)cc1. The van der Waals surface area contributed by atoms with E-state index < -0.39 is 11.9 Å². The molecule has 2 aromatic carbocycles. The molecule has 1 fully saturated rings. The van der Waals surface area contributed by atoms with Gasteiger partial charge in [-0.15, -0.1) is 0 Å². The number of nitrogens with zero attached hydrogens (tertiary/aromatic N) is 1. The van der Waals surface area contributed by atoms with Crippen LogP contribution >= 0.6 is 0 Å². The molecule has 2 aromatic rings. The molecule has 0 saturated carbocycles. The van der Waals surface area contributed by atoms with Gasteiger partial charge in [0.25, 0.3) is 0 Å². The first-order valence-electron chi connectivity index (χ1n) is 9.91. The van der Waals surface area contributed by atoms with Crippen LogP contribution in [-0.4, -0.2) is 41.6 Å². The Morgan fingerprint density at radius 3 is 2.48 bits per heavy atom. The minimum Gasteiger partial charge on any atom is -0.490 e. The molecule has 0 aromatic heterocycles. The molecule has 0 aliphatic carbocycles. The number of aryl methyl sites for hydroxylation is 1. The highest BCUT2D eigenvalue weighted by atomic mass is 16.5. The monoisotopic (exact) mass is 397 g/mol. The summed E-state index contributed by atoms with van der Waals surface area (Å²) in [6.45, 7) is 5.73. The molecule has 0 spiro atoms. The molecule has 0 radical (unpaired) electrons. The van der Waals surface area contributed by atoms with Crippen LogP contribution in [0.15, 0.2) is 42.5 Å². The van der Waals surface area contributed by atoms with E-state index in [0.717, 1.165) is 11.1 Å². The zero-order chi connectivity index (χ0) is 20.8. The summed E-state index contributed by atoms with van der Waals surface area (Å²) in [7, 11) is 0. The lowest BCUT2D eigenvalue weighted by atomic mass is 10.1.